The molecule has 0 bridgehead atoms. The van der Waals surface area contributed by atoms with Gasteiger partial charge >= 0.3 is 0 Å². The summed E-state index contributed by atoms with van der Waals surface area (Å²) in [7, 11) is -3.18. The maximum absolute atomic E-state index is 11.6. The van der Waals surface area contributed by atoms with Crippen molar-refractivity contribution in [3.8, 4) is 0 Å². The van der Waals surface area contributed by atoms with Crippen molar-refractivity contribution in [1.29, 1.82) is 0 Å². The fraction of sp³-hybridized carbons (Fsp3) is 0.429. The molecule has 0 aliphatic carbocycles. The second-order valence-electron chi connectivity index (χ2n) is 5.08. The third kappa shape index (κ3) is 2.72. The number of nitrogens with zero attached hydrogens (tertiary/aromatic N) is 1. The van der Waals surface area contributed by atoms with Gasteiger partial charge < -0.3 is 9.47 Å². The molecule has 3 unspecified atom stereocenters. The number of benzene rings is 1. The van der Waals surface area contributed by atoms with Gasteiger partial charge in [-0.3, -0.25) is 0 Å². The molecular formula is C14H17NO4S. The first kappa shape index (κ1) is 13.6. The molecule has 0 spiro atoms. The highest BCUT2D eigenvalue weighted by Crippen LogP contribution is 2.39. The highest BCUT2D eigenvalue weighted by Gasteiger charge is 2.58. The van der Waals surface area contributed by atoms with Crippen LogP contribution >= 0.6 is 0 Å². The second-order valence-corrected chi connectivity index (χ2v) is 6.97. The minimum absolute atomic E-state index is 0.0657. The predicted molar refractivity (Wildman–Crippen MR) is 74.4 cm³/mol. The molecule has 1 aromatic rings. The fourth-order valence-corrected chi connectivity index (χ4v) is 3.87. The van der Waals surface area contributed by atoms with Crippen molar-refractivity contribution in [2.75, 3.05) is 12.9 Å². The van der Waals surface area contributed by atoms with Gasteiger partial charge in [0.15, 0.2) is 0 Å². The molecule has 2 aliphatic rings. The zero-order valence-corrected chi connectivity index (χ0v) is 12.0. The summed E-state index contributed by atoms with van der Waals surface area (Å²) >= 11 is 0. The summed E-state index contributed by atoms with van der Waals surface area (Å²) in [6.07, 6.45) is 4.34. The van der Waals surface area contributed by atoms with E-state index >= 15 is 0 Å². The van der Waals surface area contributed by atoms with Gasteiger partial charge in [0, 0.05) is 0 Å². The molecule has 1 saturated heterocycles. The summed E-state index contributed by atoms with van der Waals surface area (Å²) in [6, 6.07) is 9.67. The van der Waals surface area contributed by atoms with Crippen molar-refractivity contribution in [2.45, 2.75) is 24.8 Å². The van der Waals surface area contributed by atoms with Crippen molar-refractivity contribution in [3.63, 3.8) is 0 Å². The predicted octanol–water partition coefficient (Wildman–Crippen LogP) is 1.13. The van der Waals surface area contributed by atoms with Crippen LogP contribution in [0.5, 0.6) is 0 Å². The Morgan fingerprint density at radius 3 is 2.75 bits per heavy atom. The molecule has 3 rings (SSSR count). The molecule has 0 saturated carbocycles. The molecule has 20 heavy (non-hydrogen) atoms. The average molecular weight is 295 g/mol. The first-order valence-corrected chi connectivity index (χ1v) is 8.34. The number of rotatable bonds is 5. The largest absolute Gasteiger partial charge is 0.494 e. The van der Waals surface area contributed by atoms with E-state index in [4.69, 9.17) is 9.47 Å². The molecule has 6 heteroatoms. The minimum atomic E-state index is -3.18. The Morgan fingerprint density at radius 2 is 2.05 bits per heavy atom. The topological polar surface area (TPSA) is 55.6 Å². The Balaban J connectivity index is 1.55. The first-order valence-electron chi connectivity index (χ1n) is 6.50. The summed E-state index contributed by atoms with van der Waals surface area (Å²) in [5, 5.41) is 0. The van der Waals surface area contributed by atoms with Crippen LogP contribution in [0.25, 0.3) is 0 Å². The van der Waals surface area contributed by atoms with Crippen LogP contribution in [0.4, 0.5) is 0 Å². The minimum Gasteiger partial charge on any atom is -0.494 e. The molecule has 2 aliphatic heterocycles. The maximum atomic E-state index is 11.6. The van der Waals surface area contributed by atoms with E-state index in [0.29, 0.717) is 13.2 Å². The van der Waals surface area contributed by atoms with Gasteiger partial charge in [0.1, 0.15) is 6.10 Å². The van der Waals surface area contributed by atoms with Crippen LogP contribution in [-0.2, 0) is 26.1 Å². The number of ether oxygens (including phenoxy) is 2. The van der Waals surface area contributed by atoms with Crippen LogP contribution in [0.15, 0.2) is 42.7 Å². The molecule has 0 amide bonds. The third-order valence-corrected chi connectivity index (χ3v) is 4.79. The van der Waals surface area contributed by atoms with Gasteiger partial charge in [-0.15, -0.1) is 0 Å². The lowest BCUT2D eigenvalue weighted by Crippen LogP contribution is -2.29. The van der Waals surface area contributed by atoms with Gasteiger partial charge in [0.2, 0.25) is 10.0 Å². The van der Waals surface area contributed by atoms with Crippen LogP contribution in [0.1, 0.15) is 5.56 Å². The molecule has 2 heterocycles. The van der Waals surface area contributed by atoms with Gasteiger partial charge in [-0.25, -0.2) is 8.42 Å². The van der Waals surface area contributed by atoms with E-state index in [1.807, 2.05) is 30.3 Å². The summed E-state index contributed by atoms with van der Waals surface area (Å²) in [6.45, 7) is 0.882. The Labute approximate surface area is 118 Å². The van der Waals surface area contributed by atoms with E-state index in [1.165, 1.54) is 10.6 Å². The third-order valence-electron chi connectivity index (χ3n) is 3.53. The van der Waals surface area contributed by atoms with Crippen molar-refractivity contribution < 1.29 is 17.9 Å². The zero-order chi connectivity index (χ0) is 14.2. The van der Waals surface area contributed by atoms with Crippen LogP contribution in [0, 0.1) is 0 Å². The molecule has 0 radical (unpaired) electrons. The summed E-state index contributed by atoms with van der Waals surface area (Å²) in [5.74, 6) is 0. The summed E-state index contributed by atoms with van der Waals surface area (Å²) in [5.41, 5.74) is 1.09. The quantitative estimate of drug-likeness (QED) is 0.764. The second kappa shape index (κ2) is 5.20. The van der Waals surface area contributed by atoms with E-state index in [2.05, 4.69) is 0 Å². The maximum Gasteiger partial charge on any atom is 0.212 e. The first-order chi connectivity index (χ1) is 9.57. The standard InChI is InChI=1S/C14H17NO4S/c1-20(16,17)15-12-7-8-19-13(14(12)15)10-18-9-11-5-3-2-4-6-11/h2-8,12-14H,9-10H2,1H3/t12?,13?,14-,15?/m0/s1. The molecular weight excluding hydrogens is 278 g/mol. The van der Waals surface area contributed by atoms with Crippen molar-refractivity contribution in [2.24, 2.45) is 0 Å². The molecule has 0 aromatic heterocycles. The number of fused-ring (bicyclic) bond motifs is 1. The molecule has 1 aromatic carbocycles. The molecule has 0 N–H and O–H groups in total. The fourth-order valence-electron chi connectivity index (χ4n) is 2.58. The Bertz CT molecular complexity index is 599. The summed E-state index contributed by atoms with van der Waals surface area (Å²) < 4.78 is 35.8. The van der Waals surface area contributed by atoms with E-state index in [1.54, 1.807) is 12.3 Å². The van der Waals surface area contributed by atoms with Gasteiger partial charge in [0.05, 0.1) is 37.8 Å². The van der Waals surface area contributed by atoms with Crippen molar-refractivity contribution in [1.82, 2.24) is 4.31 Å². The van der Waals surface area contributed by atoms with E-state index < -0.39 is 10.0 Å². The lowest BCUT2D eigenvalue weighted by molar-refractivity contribution is 0.0133. The van der Waals surface area contributed by atoms with Gasteiger partial charge in [-0.1, -0.05) is 30.3 Å². The molecule has 5 nitrogen and oxygen atoms in total. The highest BCUT2D eigenvalue weighted by atomic mass is 32.2. The van der Waals surface area contributed by atoms with E-state index in [9.17, 15) is 8.42 Å². The monoisotopic (exact) mass is 295 g/mol. The Kier molecular flexibility index (Phi) is 3.54. The highest BCUT2D eigenvalue weighted by molar-refractivity contribution is 7.88. The number of sulfonamides is 1. The van der Waals surface area contributed by atoms with Crippen LogP contribution in [-0.4, -0.2) is 43.8 Å². The summed E-state index contributed by atoms with van der Waals surface area (Å²) in [4.78, 5) is 0. The van der Waals surface area contributed by atoms with E-state index in [-0.39, 0.29) is 18.2 Å². The van der Waals surface area contributed by atoms with Crippen LogP contribution < -0.4 is 0 Å². The molecule has 4 atom stereocenters. The Morgan fingerprint density at radius 1 is 1.30 bits per heavy atom. The number of hydrogen-bond donors (Lipinski definition) is 0. The van der Waals surface area contributed by atoms with Gasteiger partial charge in [-0.2, -0.15) is 4.31 Å². The molecule has 1 fully saturated rings. The van der Waals surface area contributed by atoms with Gasteiger partial charge in [0.25, 0.3) is 0 Å². The van der Waals surface area contributed by atoms with E-state index in [0.717, 1.165) is 5.56 Å². The van der Waals surface area contributed by atoms with Crippen molar-refractivity contribution >= 4 is 10.0 Å². The van der Waals surface area contributed by atoms with Crippen LogP contribution in [0.3, 0.4) is 0 Å². The molecule has 108 valence electrons. The van der Waals surface area contributed by atoms with Gasteiger partial charge in [-0.05, 0) is 11.6 Å². The normalized spacial score (nSPS) is 31.4. The zero-order valence-electron chi connectivity index (χ0n) is 11.2. The lowest BCUT2D eigenvalue weighted by atomic mass is 10.2. The number of hydrogen-bond acceptors (Lipinski definition) is 4. The average Bonchev–Trinajstić information content (AvgIpc) is 3.15. The van der Waals surface area contributed by atoms with Crippen molar-refractivity contribution in [3.05, 3.63) is 48.2 Å². The lowest BCUT2D eigenvalue weighted by Gasteiger charge is -2.18. The SMILES string of the molecule is CS(=O)(=O)N1C2C=COC(COCc3ccccc3)[C@H]21. The van der Waals surface area contributed by atoms with Crippen LogP contribution in [0.2, 0.25) is 0 Å². The Hall–Kier alpha value is -1.37. The smallest absolute Gasteiger partial charge is 0.212 e.